The maximum absolute atomic E-state index is 13.4. The van der Waals surface area contributed by atoms with Gasteiger partial charge in [-0.2, -0.15) is 79.0 Å². The van der Waals surface area contributed by atoms with E-state index in [2.05, 4.69) is 28.4 Å². The quantitative estimate of drug-likeness (QED) is 0.0759. The molecule has 28 heteroatoms. The monoisotopic (exact) mass is 766 g/mol. The molecule has 0 aromatic carbocycles. The fourth-order valence-corrected chi connectivity index (χ4v) is 2.24. The predicted octanol–water partition coefficient (Wildman–Crippen LogP) is 6.36. The zero-order valence-electron chi connectivity index (χ0n) is 22.6. The molecule has 0 spiro atoms. The summed E-state index contributed by atoms with van der Waals surface area (Å²) in [4.78, 5) is 22.9. The van der Waals surface area contributed by atoms with Crippen molar-refractivity contribution in [2.75, 3.05) is 39.6 Å². The predicted molar refractivity (Wildman–Crippen MR) is 107 cm³/mol. The van der Waals surface area contributed by atoms with E-state index in [0.29, 0.717) is 0 Å². The molecule has 0 saturated carbocycles. The van der Waals surface area contributed by atoms with Gasteiger partial charge in [0.15, 0.2) is 0 Å². The average molecular weight is 766 g/mol. The summed E-state index contributed by atoms with van der Waals surface area (Å²) in [6, 6.07) is 0. The summed E-state index contributed by atoms with van der Waals surface area (Å²) >= 11 is 0. The first kappa shape index (κ1) is 45.4. The lowest BCUT2D eigenvalue weighted by Gasteiger charge is -2.30. The fourth-order valence-electron chi connectivity index (χ4n) is 2.24. The summed E-state index contributed by atoms with van der Waals surface area (Å²) in [5.41, 5.74) is 0. The molecular weight excluding hydrogens is 748 g/mol. The second-order valence-corrected chi connectivity index (χ2v) is 8.61. The molecule has 0 aliphatic rings. The zero-order valence-corrected chi connectivity index (χ0v) is 22.6. The van der Waals surface area contributed by atoms with Gasteiger partial charge < -0.3 is 18.9 Å². The van der Waals surface area contributed by atoms with E-state index in [0.717, 1.165) is 0 Å². The molecule has 2 atom stereocenters. The van der Waals surface area contributed by atoms with Crippen molar-refractivity contribution in [2.24, 2.45) is 0 Å². The van der Waals surface area contributed by atoms with Crippen LogP contribution in [0.2, 0.25) is 0 Å². The van der Waals surface area contributed by atoms with Crippen LogP contribution >= 0.6 is 0 Å². The van der Waals surface area contributed by atoms with Gasteiger partial charge in [-0.3, -0.25) is 19.1 Å². The van der Waals surface area contributed by atoms with Crippen molar-refractivity contribution in [3.63, 3.8) is 0 Å². The molecule has 0 radical (unpaired) electrons. The molecule has 286 valence electrons. The normalized spacial score (nSPS) is 15.7. The number of esters is 2. The van der Waals surface area contributed by atoms with Gasteiger partial charge in [0, 0.05) is 0 Å². The van der Waals surface area contributed by atoms with Crippen molar-refractivity contribution in [2.45, 2.75) is 73.8 Å². The maximum atomic E-state index is 13.4. The van der Waals surface area contributed by atoms with Crippen LogP contribution in [0, 0.1) is 0 Å². The standard InChI is InChI=1S/C20H18F20O8/c21-11(47-19(37,38)15(27,28)17(31,32)33)13(23,24)7-43-3-5-45-9(41)1-2-10(42)46-6-4-44-8-14(25,26)12(22)48-20(39,40)16(29,30)18(34,35)36/h11-12H,1-8H2. The Morgan fingerprint density at radius 2 is 0.729 bits per heavy atom. The molecule has 0 aromatic rings. The molecule has 0 bridgehead atoms. The topological polar surface area (TPSA) is 89.5 Å². The van der Waals surface area contributed by atoms with Crippen LogP contribution in [0.5, 0.6) is 0 Å². The van der Waals surface area contributed by atoms with Crippen molar-refractivity contribution in [3.8, 4) is 0 Å². The van der Waals surface area contributed by atoms with Crippen LogP contribution in [0.1, 0.15) is 12.8 Å². The van der Waals surface area contributed by atoms with Gasteiger partial charge in [0.2, 0.25) is 0 Å². The highest BCUT2D eigenvalue weighted by Gasteiger charge is 2.77. The minimum atomic E-state index is -7.08. The Morgan fingerprint density at radius 1 is 0.458 bits per heavy atom. The Bertz CT molecular complexity index is 952. The molecule has 0 amide bonds. The third-order valence-corrected chi connectivity index (χ3v) is 4.71. The Morgan fingerprint density at radius 3 is 0.979 bits per heavy atom. The number of carbonyl (C=O) groups excluding carboxylic acids is 2. The molecule has 0 aliphatic carbocycles. The lowest BCUT2D eigenvalue weighted by atomic mass is 10.3. The van der Waals surface area contributed by atoms with Crippen LogP contribution in [-0.2, 0) is 38.0 Å². The molecule has 8 nitrogen and oxygen atoms in total. The van der Waals surface area contributed by atoms with Gasteiger partial charge in [-0.1, -0.05) is 0 Å². The molecule has 0 heterocycles. The Balaban J connectivity index is 4.41. The Labute approximate surface area is 252 Å². The van der Waals surface area contributed by atoms with Crippen LogP contribution in [-0.4, -0.2) is 113 Å². The van der Waals surface area contributed by atoms with E-state index in [1.807, 2.05) is 0 Å². The molecular formula is C20H18F20O8. The largest absolute Gasteiger partial charge is 0.463 e. The minimum absolute atomic E-state index is 0.880. The minimum Gasteiger partial charge on any atom is -0.463 e. The van der Waals surface area contributed by atoms with E-state index in [1.165, 1.54) is 0 Å². The van der Waals surface area contributed by atoms with E-state index in [-0.39, 0.29) is 0 Å². The van der Waals surface area contributed by atoms with E-state index < -0.39 is 125 Å². The Hall–Kier alpha value is -2.62. The number of carbonyl (C=O) groups is 2. The molecule has 48 heavy (non-hydrogen) atoms. The zero-order chi connectivity index (χ0) is 38.2. The summed E-state index contributed by atoms with van der Waals surface area (Å²) in [6.45, 7) is -8.76. The lowest BCUT2D eigenvalue weighted by molar-refractivity contribution is -0.451. The van der Waals surface area contributed by atoms with Crippen LogP contribution < -0.4 is 0 Å². The summed E-state index contributed by atoms with van der Waals surface area (Å²) in [5, 5.41) is 0. The van der Waals surface area contributed by atoms with Crippen LogP contribution in [0.3, 0.4) is 0 Å². The third kappa shape index (κ3) is 12.7. The first-order valence-electron chi connectivity index (χ1n) is 11.8. The number of hydrogen-bond donors (Lipinski definition) is 0. The van der Waals surface area contributed by atoms with Crippen molar-refractivity contribution >= 4 is 11.9 Å². The van der Waals surface area contributed by atoms with Crippen molar-refractivity contribution < 1.29 is 126 Å². The second kappa shape index (κ2) is 16.4. The highest BCUT2D eigenvalue weighted by Crippen LogP contribution is 2.49. The molecule has 0 fully saturated rings. The van der Waals surface area contributed by atoms with E-state index in [4.69, 9.17) is 0 Å². The van der Waals surface area contributed by atoms with Gasteiger partial charge in [-0.05, 0) is 0 Å². The van der Waals surface area contributed by atoms with Gasteiger partial charge in [-0.25, -0.2) is 8.78 Å². The van der Waals surface area contributed by atoms with Gasteiger partial charge in [-0.15, -0.1) is 0 Å². The number of alkyl halides is 20. The van der Waals surface area contributed by atoms with Gasteiger partial charge >= 0.3 is 60.2 Å². The number of rotatable bonds is 21. The van der Waals surface area contributed by atoms with Crippen LogP contribution in [0.4, 0.5) is 87.8 Å². The van der Waals surface area contributed by atoms with E-state index >= 15 is 0 Å². The maximum Gasteiger partial charge on any atom is 0.462 e. The number of ether oxygens (including phenoxy) is 6. The van der Waals surface area contributed by atoms with E-state index in [1.54, 1.807) is 0 Å². The average Bonchev–Trinajstić information content (AvgIpc) is 2.89. The molecule has 0 rings (SSSR count). The van der Waals surface area contributed by atoms with Crippen molar-refractivity contribution in [3.05, 3.63) is 0 Å². The summed E-state index contributed by atoms with van der Waals surface area (Å²) < 4.78 is 275. The summed E-state index contributed by atoms with van der Waals surface area (Å²) in [5.74, 6) is -27.3. The molecule has 0 aromatic heterocycles. The van der Waals surface area contributed by atoms with Crippen LogP contribution in [0.15, 0.2) is 0 Å². The van der Waals surface area contributed by atoms with Gasteiger partial charge in [0.05, 0.1) is 26.1 Å². The molecule has 2 unspecified atom stereocenters. The Kier molecular flexibility index (Phi) is 15.5. The second-order valence-electron chi connectivity index (χ2n) is 8.61. The van der Waals surface area contributed by atoms with Crippen molar-refractivity contribution in [1.29, 1.82) is 0 Å². The molecule has 0 aliphatic heterocycles. The first-order chi connectivity index (χ1) is 21.3. The highest BCUT2D eigenvalue weighted by molar-refractivity contribution is 5.77. The number of halogens is 20. The van der Waals surface area contributed by atoms with Crippen molar-refractivity contribution in [1.82, 2.24) is 0 Å². The van der Waals surface area contributed by atoms with Crippen LogP contribution in [0.25, 0.3) is 0 Å². The first-order valence-corrected chi connectivity index (χ1v) is 11.8. The smallest absolute Gasteiger partial charge is 0.462 e. The lowest BCUT2D eigenvalue weighted by Crippen LogP contribution is -2.56. The fraction of sp³-hybridized carbons (Fsp3) is 0.900. The SMILES string of the molecule is O=C(CCC(=O)OCCOCC(F)(F)C(F)OC(F)(F)C(F)(F)C(F)(F)F)OCCOCC(F)(F)C(F)OC(F)(F)C(F)(F)C(F)(F)F. The number of hydrogen-bond acceptors (Lipinski definition) is 8. The van der Waals surface area contributed by atoms with E-state index in [9.17, 15) is 97.4 Å². The molecule has 0 N–H and O–H groups in total. The summed E-state index contributed by atoms with van der Waals surface area (Å²) in [7, 11) is 0. The highest BCUT2D eigenvalue weighted by atomic mass is 19.4. The van der Waals surface area contributed by atoms with Gasteiger partial charge in [0.1, 0.15) is 26.4 Å². The summed E-state index contributed by atoms with van der Waals surface area (Å²) in [6.07, 6.45) is -38.9. The third-order valence-electron chi connectivity index (χ3n) is 4.71. The van der Waals surface area contributed by atoms with Gasteiger partial charge in [0.25, 0.3) is 12.7 Å². The molecule has 0 saturated heterocycles.